The number of nitrogens with one attached hydrogen (secondary N) is 2. The minimum atomic E-state index is -4.43. The van der Waals surface area contributed by atoms with Crippen molar-refractivity contribution in [1.29, 1.82) is 0 Å². The predicted molar refractivity (Wildman–Crippen MR) is 39.1 cm³/mol. The van der Waals surface area contributed by atoms with Crippen LogP contribution in [0.3, 0.4) is 0 Å². The summed E-state index contributed by atoms with van der Waals surface area (Å²) < 4.78 is 31.1. The van der Waals surface area contributed by atoms with E-state index in [0.29, 0.717) is 19.6 Å². The second kappa shape index (κ2) is 2.24. The van der Waals surface area contributed by atoms with Gasteiger partial charge in [0.1, 0.15) is 9.81 Å². The molecule has 1 aliphatic rings. The molecule has 1 heterocycles. The molecular weight excluding hydrogens is 156 g/mol. The largest absolute Gasteiger partial charge is 0.314 e. The van der Waals surface area contributed by atoms with Crippen LogP contribution < -0.4 is 10.0 Å². The van der Waals surface area contributed by atoms with E-state index in [9.17, 15) is 4.21 Å². The van der Waals surface area contributed by atoms with Crippen molar-refractivity contribution in [3.63, 3.8) is 0 Å². The lowest BCUT2D eigenvalue weighted by molar-refractivity contribution is 0.378. The van der Waals surface area contributed by atoms with Crippen LogP contribution in [0, 0.1) is 0 Å². The van der Waals surface area contributed by atoms with Gasteiger partial charge in [-0.1, -0.05) is 0 Å². The highest BCUT2D eigenvalue weighted by Gasteiger charge is 2.29. The quantitative estimate of drug-likeness (QED) is 0.368. The molecule has 0 unspecified atom stereocenters. The molecular formula is C4H12N2O3S. The summed E-state index contributed by atoms with van der Waals surface area (Å²) >= 11 is 0. The number of rotatable bonds is 0. The van der Waals surface area contributed by atoms with E-state index >= 15 is 0 Å². The van der Waals surface area contributed by atoms with Gasteiger partial charge in [0.2, 0.25) is 0 Å². The lowest BCUT2D eigenvalue weighted by Gasteiger charge is -2.28. The molecule has 0 amide bonds. The van der Waals surface area contributed by atoms with Crippen LogP contribution in [-0.2, 0) is 9.81 Å². The molecule has 0 radical (unpaired) electrons. The Hall–Kier alpha value is -0.0100. The highest BCUT2D eigenvalue weighted by molar-refractivity contribution is 8.08. The third-order valence-corrected chi connectivity index (χ3v) is 3.07. The lowest BCUT2D eigenvalue weighted by Crippen LogP contribution is -2.49. The van der Waals surface area contributed by atoms with E-state index in [4.69, 9.17) is 9.11 Å². The Morgan fingerprint density at radius 2 is 1.90 bits per heavy atom. The normalized spacial score (nSPS) is 35.2. The van der Waals surface area contributed by atoms with E-state index in [1.54, 1.807) is 0 Å². The maximum atomic E-state index is 11.0. The predicted octanol–water partition coefficient (Wildman–Crippen LogP) is -1.14. The maximum absolute atomic E-state index is 11.0. The van der Waals surface area contributed by atoms with Gasteiger partial charge in [-0.05, 0) is 0 Å². The maximum Gasteiger partial charge on any atom is 0.139 e. The smallest absolute Gasteiger partial charge is 0.139 e. The van der Waals surface area contributed by atoms with Crippen molar-refractivity contribution in [2.45, 2.75) is 0 Å². The standard InChI is InChI=1S/C4H12N2O3S/c7-10(8,9)4-3-5-1-2-6-10/h5H,1-4H2,(H3,6,7,8,9). The first-order chi connectivity index (χ1) is 4.47. The molecule has 4 N–H and O–H groups in total. The van der Waals surface area contributed by atoms with Crippen LogP contribution in [0.5, 0.6) is 0 Å². The lowest BCUT2D eigenvalue weighted by atomic mass is 10.6. The van der Waals surface area contributed by atoms with Crippen molar-refractivity contribution in [2.75, 3.05) is 25.4 Å². The Kier molecular flexibility index (Phi) is 1.82. The summed E-state index contributed by atoms with van der Waals surface area (Å²) in [6.45, 7) is 1.29. The molecule has 62 valence electrons. The van der Waals surface area contributed by atoms with E-state index in [-0.39, 0.29) is 5.75 Å². The molecule has 0 aromatic carbocycles. The summed E-state index contributed by atoms with van der Waals surface area (Å²) in [5, 5.41) is 2.87. The molecule has 0 bridgehead atoms. The Morgan fingerprint density at radius 1 is 1.20 bits per heavy atom. The van der Waals surface area contributed by atoms with Crippen LogP contribution in [0.1, 0.15) is 0 Å². The average Bonchev–Trinajstić information content (AvgIpc) is 1.89. The first-order valence-corrected chi connectivity index (χ1v) is 5.13. The van der Waals surface area contributed by atoms with Gasteiger partial charge >= 0.3 is 0 Å². The third kappa shape index (κ3) is 2.31. The van der Waals surface area contributed by atoms with E-state index < -0.39 is 9.81 Å². The molecule has 5 nitrogen and oxygen atoms in total. The SMILES string of the molecule is O=S1(O)(O)CCNCCN1. The van der Waals surface area contributed by atoms with Gasteiger partial charge < -0.3 is 5.32 Å². The second-order valence-corrected chi connectivity index (χ2v) is 5.10. The van der Waals surface area contributed by atoms with Crippen LogP contribution in [-0.4, -0.2) is 38.7 Å². The zero-order valence-electron chi connectivity index (χ0n) is 5.54. The summed E-state index contributed by atoms with van der Waals surface area (Å²) in [5.41, 5.74) is 0. The van der Waals surface area contributed by atoms with Crippen LogP contribution >= 0.6 is 0 Å². The fraction of sp³-hybridized carbons (Fsp3) is 1.00. The van der Waals surface area contributed by atoms with E-state index in [0.717, 1.165) is 0 Å². The Labute approximate surface area is 59.4 Å². The molecule has 10 heavy (non-hydrogen) atoms. The van der Waals surface area contributed by atoms with Crippen LogP contribution in [0.2, 0.25) is 0 Å². The van der Waals surface area contributed by atoms with Crippen LogP contribution in [0.25, 0.3) is 0 Å². The zero-order valence-corrected chi connectivity index (χ0v) is 6.36. The molecule has 1 fully saturated rings. The molecule has 1 rings (SSSR count). The van der Waals surface area contributed by atoms with E-state index in [2.05, 4.69) is 10.0 Å². The molecule has 0 aliphatic carbocycles. The Balaban J connectivity index is 2.68. The first kappa shape index (κ1) is 8.09. The fourth-order valence-electron chi connectivity index (χ4n) is 0.798. The molecule has 0 aromatic heterocycles. The van der Waals surface area contributed by atoms with E-state index in [1.807, 2.05) is 0 Å². The summed E-state index contributed by atoms with van der Waals surface area (Å²) in [6, 6.07) is 0. The summed E-state index contributed by atoms with van der Waals surface area (Å²) in [7, 11) is -4.43. The van der Waals surface area contributed by atoms with Gasteiger partial charge in [-0.15, -0.1) is 0 Å². The highest BCUT2D eigenvalue weighted by atomic mass is 32.3. The minimum Gasteiger partial charge on any atom is -0.314 e. The number of hydrogen-bond donors (Lipinski definition) is 4. The minimum absolute atomic E-state index is 0.142. The van der Waals surface area contributed by atoms with Crippen molar-refractivity contribution in [3.05, 3.63) is 0 Å². The summed E-state index contributed by atoms with van der Waals surface area (Å²) in [4.78, 5) is 0. The van der Waals surface area contributed by atoms with Gasteiger partial charge in [0.25, 0.3) is 0 Å². The van der Waals surface area contributed by atoms with Crippen molar-refractivity contribution >= 4 is 9.81 Å². The molecule has 1 aliphatic heterocycles. The van der Waals surface area contributed by atoms with Crippen LogP contribution in [0.4, 0.5) is 0 Å². The van der Waals surface area contributed by atoms with E-state index in [1.165, 1.54) is 0 Å². The van der Waals surface area contributed by atoms with Gasteiger partial charge in [-0.25, -0.2) is 8.93 Å². The second-order valence-electron chi connectivity index (χ2n) is 2.37. The average molecular weight is 168 g/mol. The Bertz CT molecular complexity index is 173. The Morgan fingerprint density at radius 3 is 2.60 bits per heavy atom. The molecule has 6 heteroatoms. The fourth-order valence-corrected chi connectivity index (χ4v) is 1.97. The summed E-state index contributed by atoms with van der Waals surface area (Å²) in [5.74, 6) is -0.142. The molecule has 1 saturated heterocycles. The topological polar surface area (TPSA) is 81.6 Å². The van der Waals surface area contributed by atoms with Gasteiger partial charge in [-0.3, -0.25) is 9.11 Å². The molecule has 0 aromatic rings. The summed E-state index contributed by atoms with van der Waals surface area (Å²) in [6.07, 6.45) is 0. The van der Waals surface area contributed by atoms with Crippen molar-refractivity contribution in [1.82, 2.24) is 10.0 Å². The zero-order chi connectivity index (χ0) is 7.69. The van der Waals surface area contributed by atoms with Gasteiger partial charge in [-0.2, -0.15) is 0 Å². The van der Waals surface area contributed by atoms with Gasteiger partial charge in [0, 0.05) is 19.6 Å². The third-order valence-electron chi connectivity index (χ3n) is 1.34. The van der Waals surface area contributed by atoms with Crippen LogP contribution in [0.15, 0.2) is 0 Å². The monoisotopic (exact) mass is 168 g/mol. The van der Waals surface area contributed by atoms with Gasteiger partial charge in [0.15, 0.2) is 0 Å². The van der Waals surface area contributed by atoms with Gasteiger partial charge in [0.05, 0.1) is 5.75 Å². The molecule has 0 spiro atoms. The first-order valence-electron chi connectivity index (χ1n) is 3.09. The van der Waals surface area contributed by atoms with Crippen molar-refractivity contribution < 1.29 is 13.3 Å². The molecule has 0 saturated carbocycles. The van der Waals surface area contributed by atoms with Crippen molar-refractivity contribution in [2.24, 2.45) is 0 Å². The highest BCUT2D eigenvalue weighted by Crippen LogP contribution is 2.10. The van der Waals surface area contributed by atoms with Crippen molar-refractivity contribution in [3.8, 4) is 0 Å². The number of hydrogen-bond acceptors (Lipinski definition) is 2. The molecule has 0 atom stereocenters.